The van der Waals surface area contributed by atoms with Crippen molar-refractivity contribution in [1.29, 1.82) is 0 Å². The normalized spacial score (nSPS) is 29.0. The number of nitrogens with zero attached hydrogens (tertiary/aromatic N) is 1. The molecular formula is C13H28N2. The van der Waals surface area contributed by atoms with Crippen LogP contribution in [0.5, 0.6) is 0 Å². The van der Waals surface area contributed by atoms with E-state index < -0.39 is 0 Å². The topological polar surface area (TPSA) is 15.3 Å². The SMILES string of the molecule is CNCC1CCC(C(C)C)CN1C(C)C. The number of nitrogens with one attached hydrogen (secondary N) is 1. The van der Waals surface area contributed by atoms with Gasteiger partial charge in [0.15, 0.2) is 0 Å². The van der Waals surface area contributed by atoms with Crippen molar-refractivity contribution >= 4 is 0 Å². The minimum Gasteiger partial charge on any atom is -0.318 e. The fourth-order valence-electron chi connectivity index (χ4n) is 2.71. The minimum absolute atomic E-state index is 0.685. The van der Waals surface area contributed by atoms with Crippen molar-refractivity contribution in [3.63, 3.8) is 0 Å². The predicted octanol–water partition coefficient (Wildman–Crippen LogP) is 2.35. The molecule has 1 N–H and O–H groups in total. The molecule has 0 aromatic rings. The maximum atomic E-state index is 3.32. The van der Waals surface area contributed by atoms with Gasteiger partial charge in [0, 0.05) is 25.2 Å². The van der Waals surface area contributed by atoms with Crippen molar-refractivity contribution in [2.24, 2.45) is 11.8 Å². The highest BCUT2D eigenvalue weighted by atomic mass is 15.2. The molecule has 2 nitrogen and oxygen atoms in total. The van der Waals surface area contributed by atoms with Crippen LogP contribution in [0.1, 0.15) is 40.5 Å². The fourth-order valence-corrected chi connectivity index (χ4v) is 2.71. The van der Waals surface area contributed by atoms with Crippen LogP contribution in [0, 0.1) is 11.8 Å². The van der Waals surface area contributed by atoms with Crippen LogP contribution in [0.15, 0.2) is 0 Å². The lowest BCUT2D eigenvalue weighted by molar-refractivity contribution is 0.0608. The van der Waals surface area contributed by atoms with Crippen molar-refractivity contribution in [2.45, 2.75) is 52.6 Å². The Kier molecular flexibility index (Phi) is 5.07. The second-order valence-corrected chi connectivity index (χ2v) is 5.58. The summed E-state index contributed by atoms with van der Waals surface area (Å²) in [5, 5.41) is 3.32. The molecule has 0 amide bonds. The van der Waals surface area contributed by atoms with Crippen LogP contribution in [0.4, 0.5) is 0 Å². The van der Waals surface area contributed by atoms with Gasteiger partial charge >= 0.3 is 0 Å². The molecule has 1 fully saturated rings. The average molecular weight is 212 g/mol. The molecule has 0 spiro atoms. The summed E-state index contributed by atoms with van der Waals surface area (Å²) in [6, 6.07) is 1.44. The van der Waals surface area contributed by atoms with Crippen molar-refractivity contribution in [2.75, 3.05) is 20.1 Å². The molecule has 0 saturated carbocycles. The minimum atomic E-state index is 0.685. The van der Waals surface area contributed by atoms with Gasteiger partial charge in [0.2, 0.25) is 0 Å². The van der Waals surface area contributed by atoms with E-state index in [1.54, 1.807) is 0 Å². The van der Waals surface area contributed by atoms with Gasteiger partial charge in [-0.1, -0.05) is 13.8 Å². The van der Waals surface area contributed by atoms with Crippen LogP contribution in [0.25, 0.3) is 0 Å². The zero-order valence-electron chi connectivity index (χ0n) is 11.1. The lowest BCUT2D eigenvalue weighted by atomic mass is 9.84. The average Bonchev–Trinajstić information content (AvgIpc) is 2.18. The molecule has 1 rings (SSSR count). The molecule has 15 heavy (non-hydrogen) atoms. The Morgan fingerprint density at radius 3 is 2.33 bits per heavy atom. The molecule has 1 saturated heterocycles. The summed E-state index contributed by atoms with van der Waals surface area (Å²) >= 11 is 0. The molecule has 2 atom stereocenters. The zero-order chi connectivity index (χ0) is 11.4. The number of likely N-dealkylation sites (N-methyl/N-ethyl adjacent to an activating group) is 1. The van der Waals surface area contributed by atoms with E-state index >= 15 is 0 Å². The molecule has 0 radical (unpaired) electrons. The summed E-state index contributed by atoms with van der Waals surface area (Å²) in [6.07, 6.45) is 2.77. The van der Waals surface area contributed by atoms with Gasteiger partial charge in [-0.05, 0) is 45.6 Å². The van der Waals surface area contributed by atoms with Crippen molar-refractivity contribution in [3.8, 4) is 0 Å². The summed E-state index contributed by atoms with van der Waals surface area (Å²) in [5.74, 6) is 1.74. The first-order valence-electron chi connectivity index (χ1n) is 6.46. The molecule has 0 aliphatic carbocycles. The lowest BCUT2D eigenvalue weighted by Gasteiger charge is -2.43. The molecule has 2 heteroatoms. The third kappa shape index (κ3) is 3.46. The zero-order valence-corrected chi connectivity index (χ0v) is 11.1. The third-order valence-electron chi connectivity index (χ3n) is 3.83. The van der Waals surface area contributed by atoms with Crippen molar-refractivity contribution < 1.29 is 0 Å². The highest BCUT2D eigenvalue weighted by Gasteiger charge is 2.30. The fraction of sp³-hybridized carbons (Fsp3) is 1.00. The van der Waals surface area contributed by atoms with E-state index in [1.165, 1.54) is 19.4 Å². The maximum Gasteiger partial charge on any atom is 0.0223 e. The van der Waals surface area contributed by atoms with E-state index in [0.717, 1.165) is 24.4 Å². The Morgan fingerprint density at radius 2 is 1.87 bits per heavy atom. The Morgan fingerprint density at radius 1 is 1.20 bits per heavy atom. The maximum absolute atomic E-state index is 3.32. The number of hydrogen-bond acceptors (Lipinski definition) is 2. The van der Waals surface area contributed by atoms with Gasteiger partial charge in [0.25, 0.3) is 0 Å². The highest BCUT2D eigenvalue weighted by Crippen LogP contribution is 2.28. The van der Waals surface area contributed by atoms with E-state index in [-0.39, 0.29) is 0 Å². The van der Waals surface area contributed by atoms with E-state index in [1.807, 2.05) is 0 Å². The third-order valence-corrected chi connectivity index (χ3v) is 3.83. The van der Waals surface area contributed by atoms with Crippen LogP contribution in [0.2, 0.25) is 0 Å². The van der Waals surface area contributed by atoms with Crippen LogP contribution in [0.3, 0.4) is 0 Å². The molecule has 90 valence electrons. The molecule has 1 heterocycles. The monoisotopic (exact) mass is 212 g/mol. The van der Waals surface area contributed by atoms with Gasteiger partial charge < -0.3 is 5.32 Å². The van der Waals surface area contributed by atoms with Gasteiger partial charge in [-0.3, -0.25) is 4.90 Å². The van der Waals surface area contributed by atoms with Crippen LogP contribution >= 0.6 is 0 Å². The number of rotatable bonds is 4. The van der Waals surface area contributed by atoms with Crippen LogP contribution in [-0.4, -0.2) is 37.1 Å². The summed E-state index contributed by atoms with van der Waals surface area (Å²) in [7, 11) is 2.06. The number of likely N-dealkylation sites (tertiary alicyclic amines) is 1. The first-order chi connectivity index (χ1) is 7.06. The van der Waals surface area contributed by atoms with Gasteiger partial charge in [-0.2, -0.15) is 0 Å². The van der Waals surface area contributed by atoms with Crippen LogP contribution in [-0.2, 0) is 0 Å². The van der Waals surface area contributed by atoms with E-state index in [0.29, 0.717) is 6.04 Å². The molecule has 0 aromatic heterocycles. The van der Waals surface area contributed by atoms with E-state index in [9.17, 15) is 0 Å². The molecule has 0 aromatic carbocycles. The largest absolute Gasteiger partial charge is 0.318 e. The quantitative estimate of drug-likeness (QED) is 0.769. The summed E-state index contributed by atoms with van der Waals surface area (Å²) in [4.78, 5) is 2.69. The molecule has 0 bridgehead atoms. The summed E-state index contributed by atoms with van der Waals surface area (Å²) in [6.45, 7) is 11.8. The molecule has 1 aliphatic heterocycles. The molecule has 2 unspecified atom stereocenters. The summed E-state index contributed by atoms with van der Waals surface area (Å²) in [5.41, 5.74) is 0. The summed E-state index contributed by atoms with van der Waals surface area (Å²) < 4.78 is 0. The van der Waals surface area contributed by atoms with Gasteiger partial charge in [0.05, 0.1) is 0 Å². The van der Waals surface area contributed by atoms with Gasteiger partial charge in [-0.25, -0.2) is 0 Å². The lowest BCUT2D eigenvalue weighted by Crippen LogP contribution is -2.51. The Labute approximate surface area is 95.4 Å². The van der Waals surface area contributed by atoms with Crippen LogP contribution < -0.4 is 5.32 Å². The molecule has 1 aliphatic rings. The second kappa shape index (κ2) is 5.86. The first-order valence-corrected chi connectivity index (χ1v) is 6.46. The van der Waals surface area contributed by atoms with E-state index in [2.05, 4.69) is 45.0 Å². The van der Waals surface area contributed by atoms with E-state index in [4.69, 9.17) is 0 Å². The Balaban J connectivity index is 2.56. The number of piperidine rings is 1. The highest BCUT2D eigenvalue weighted by molar-refractivity contribution is 4.85. The smallest absolute Gasteiger partial charge is 0.0223 e. The van der Waals surface area contributed by atoms with Gasteiger partial charge in [-0.15, -0.1) is 0 Å². The number of hydrogen-bond donors (Lipinski definition) is 1. The standard InChI is InChI=1S/C13H28N2/c1-10(2)12-6-7-13(8-14-5)15(9-12)11(3)4/h10-14H,6-9H2,1-5H3. The molecular weight excluding hydrogens is 184 g/mol. The van der Waals surface area contributed by atoms with Gasteiger partial charge in [0.1, 0.15) is 0 Å². The Bertz CT molecular complexity index is 177. The van der Waals surface area contributed by atoms with Crippen molar-refractivity contribution in [3.05, 3.63) is 0 Å². The Hall–Kier alpha value is -0.0800. The second-order valence-electron chi connectivity index (χ2n) is 5.58. The first kappa shape index (κ1) is 13.0. The van der Waals surface area contributed by atoms with Crippen molar-refractivity contribution in [1.82, 2.24) is 10.2 Å². The predicted molar refractivity (Wildman–Crippen MR) is 67.1 cm³/mol.